The van der Waals surface area contributed by atoms with Gasteiger partial charge in [0.05, 0.1) is 12.4 Å². The second-order valence-corrected chi connectivity index (χ2v) is 5.26. The number of aromatic amines is 1. The first-order valence-electron chi connectivity index (χ1n) is 5.74. The third-order valence-corrected chi connectivity index (χ3v) is 3.50. The minimum atomic E-state index is -0.512. The molecule has 0 radical (unpaired) electrons. The standard InChI is InChI=1S/C12H13ClN2O3S/c13-9-2-4-10(5-3-9)17-6-1-7-19-8-11-14-15-12(16)18-11/h2-5H,1,6-8H2,(H,15,16). The molecule has 0 unspecified atom stereocenters. The topological polar surface area (TPSA) is 68.1 Å². The Bertz CT molecular complexity index is 553. The van der Waals surface area contributed by atoms with Crippen LogP contribution in [0.2, 0.25) is 5.02 Å². The molecule has 2 aromatic rings. The van der Waals surface area contributed by atoms with Gasteiger partial charge in [-0.3, -0.25) is 0 Å². The Kier molecular flexibility index (Phi) is 5.35. The Labute approximate surface area is 119 Å². The molecule has 0 aliphatic carbocycles. The highest BCUT2D eigenvalue weighted by molar-refractivity contribution is 7.98. The molecule has 1 N–H and O–H groups in total. The summed E-state index contributed by atoms with van der Waals surface area (Å²) in [6, 6.07) is 7.28. The largest absolute Gasteiger partial charge is 0.494 e. The van der Waals surface area contributed by atoms with Crippen molar-refractivity contribution in [2.75, 3.05) is 12.4 Å². The van der Waals surface area contributed by atoms with Crippen LogP contribution in [0.5, 0.6) is 5.75 Å². The van der Waals surface area contributed by atoms with Crippen molar-refractivity contribution < 1.29 is 9.15 Å². The van der Waals surface area contributed by atoms with Crippen molar-refractivity contribution in [1.82, 2.24) is 10.2 Å². The Morgan fingerprint density at radius 3 is 2.84 bits per heavy atom. The van der Waals surface area contributed by atoms with E-state index in [1.807, 2.05) is 12.1 Å². The molecule has 0 spiro atoms. The lowest BCUT2D eigenvalue weighted by atomic mass is 10.3. The zero-order chi connectivity index (χ0) is 13.5. The Balaban J connectivity index is 1.57. The second-order valence-electron chi connectivity index (χ2n) is 3.72. The van der Waals surface area contributed by atoms with Crippen molar-refractivity contribution in [2.24, 2.45) is 0 Å². The van der Waals surface area contributed by atoms with E-state index < -0.39 is 5.76 Å². The maximum absolute atomic E-state index is 10.7. The number of hydrogen-bond donors (Lipinski definition) is 1. The van der Waals surface area contributed by atoms with Crippen LogP contribution in [0.3, 0.4) is 0 Å². The number of thioether (sulfide) groups is 1. The minimum absolute atomic E-state index is 0.425. The Morgan fingerprint density at radius 2 is 2.16 bits per heavy atom. The highest BCUT2D eigenvalue weighted by Gasteiger charge is 2.01. The molecule has 0 bridgehead atoms. The number of halogens is 1. The van der Waals surface area contributed by atoms with Crippen molar-refractivity contribution in [3.63, 3.8) is 0 Å². The number of benzene rings is 1. The SMILES string of the molecule is O=c1[nH]nc(CSCCCOc2ccc(Cl)cc2)o1. The van der Waals surface area contributed by atoms with Crippen LogP contribution in [0.1, 0.15) is 12.3 Å². The molecule has 0 saturated heterocycles. The van der Waals surface area contributed by atoms with Crippen LogP contribution >= 0.6 is 23.4 Å². The van der Waals surface area contributed by atoms with Gasteiger partial charge in [-0.1, -0.05) is 11.6 Å². The van der Waals surface area contributed by atoms with Gasteiger partial charge in [0.1, 0.15) is 5.75 Å². The van der Waals surface area contributed by atoms with Gasteiger partial charge in [-0.2, -0.15) is 11.8 Å². The first-order chi connectivity index (χ1) is 9.24. The van der Waals surface area contributed by atoms with E-state index in [-0.39, 0.29) is 0 Å². The molecular weight excluding hydrogens is 288 g/mol. The number of rotatable bonds is 7. The summed E-state index contributed by atoms with van der Waals surface area (Å²) < 4.78 is 10.3. The van der Waals surface area contributed by atoms with Gasteiger partial charge in [-0.05, 0) is 36.4 Å². The molecule has 7 heteroatoms. The predicted octanol–water partition coefficient (Wildman–Crippen LogP) is 2.72. The molecule has 5 nitrogen and oxygen atoms in total. The average Bonchev–Trinajstić information content (AvgIpc) is 2.81. The fourth-order valence-corrected chi connectivity index (χ4v) is 2.25. The smallest absolute Gasteiger partial charge is 0.434 e. The first kappa shape index (κ1) is 14.0. The summed E-state index contributed by atoms with van der Waals surface area (Å²) >= 11 is 7.42. The number of ether oxygens (including phenoxy) is 1. The second kappa shape index (κ2) is 7.25. The van der Waals surface area contributed by atoms with Crippen molar-refractivity contribution in [1.29, 1.82) is 0 Å². The summed E-state index contributed by atoms with van der Waals surface area (Å²) in [6.07, 6.45) is 0.905. The lowest BCUT2D eigenvalue weighted by Gasteiger charge is -2.05. The predicted molar refractivity (Wildman–Crippen MR) is 74.8 cm³/mol. The lowest BCUT2D eigenvalue weighted by Crippen LogP contribution is -1.98. The van der Waals surface area contributed by atoms with Crippen LogP contribution in [-0.4, -0.2) is 22.6 Å². The van der Waals surface area contributed by atoms with Crippen molar-refractivity contribution in [3.05, 3.63) is 45.7 Å². The van der Waals surface area contributed by atoms with Crippen LogP contribution in [0.25, 0.3) is 0 Å². The molecule has 1 aromatic heterocycles. The van der Waals surface area contributed by atoms with Crippen LogP contribution in [-0.2, 0) is 5.75 Å². The lowest BCUT2D eigenvalue weighted by molar-refractivity contribution is 0.318. The highest BCUT2D eigenvalue weighted by atomic mass is 35.5. The summed E-state index contributed by atoms with van der Waals surface area (Å²) in [4.78, 5) is 10.7. The summed E-state index contributed by atoms with van der Waals surface area (Å²) in [7, 11) is 0. The molecule has 1 aromatic carbocycles. The van der Waals surface area contributed by atoms with Crippen LogP contribution in [0, 0.1) is 0 Å². The summed E-state index contributed by atoms with van der Waals surface area (Å²) in [5.74, 6) is 2.21. The quantitative estimate of drug-likeness (QED) is 0.796. The van der Waals surface area contributed by atoms with E-state index in [2.05, 4.69) is 10.2 Å². The maximum Gasteiger partial charge on any atom is 0.434 e. The molecule has 0 aliphatic rings. The van der Waals surface area contributed by atoms with E-state index in [0.717, 1.165) is 17.9 Å². The van der Waals surface area contributed by atoms with Gasteiger partial charge in [0.2, 0.25) is 5.89 Å². The van der Waals surface area contributed by atoms with Gasteiger partial charge in [-0.25, -0.2) is 9.89 Å². The van der Waals surface area contributed by atoms with Crippen LogP contribution in [0.15, 0.2) is 33.5 Å². The van der Waals surface area contributed by atoms with Gasteiger partial charge in [0, 0.05) is 5.02 Å². The van der Waals surface area contributed by atoms with Crippen molar-refractivity contribution in [3.8, 4) is 5.75 Å². The minimum Gasteiger partial charge on any atom is -0.494 e. The molecule has 0 fully saturated rings. The molecule has 102 valence electrons. The van der Waals surface area contributed by atoms with Gasteiger partial charge in [-0.15, -0.1) is 5.10 Å². The number of hydrogen-bond acceptors (Lipinski definition) is 5. The molecule has 1 heterocycles. The molecular formula is C12H13ClN2O3S. The van der Waals surface area contributed by atoms with Gasteiger partial charge in [0.25, 0.3) is 0 Å². The van der Waals surface area contributed by atoms with E-state index in [0.29, 0.717) is 23.3 Å². The molecule has 0 saturated carbocycles. The summed E-state index contributed by atoms with van der Waals surface area (Å²) in [6.45, 7) is 0.638. The monoisotopic (exact) mass is 300 g/mol. The number of nitrogens with zero attached hydrogens (tertiary/aromatic N) is 1. The van der Waals surface area contributed by atoms with E-state index in [9.17, 15) is 4.79 Å². The molecule has 0 aliphatic heterocycles. The van der Waals surface area contributed by atoms with Gasteiger partial charge >= 0.3 is 5.76 Å². The number of nitrogens with one attached hydrogen (secondary N) is 1. The molecule has 19 heavy (non-hydrogen) atoms. The van der Waals surface area contributed by atoms with E-state index in [1.165, 1.54) is 0 Å². The van der Waals surface area contributed by atoms with Gasteiger partial charge < -0.3 is 9.15 Å². The van der Waals surface area contributed by atoms with E-state index >= 15 is 0 Å². The van der Waals surface area contributed by atoms with Crippen LogP contribution < -0.4 is 10.5 Å². The normalized spacial score (nSPS) is 10.6. The zero-order valence-electron chi connectivity index (χ0n) is 10.1. The first-order valence-corrected chi connectivity index (χ1v) is 7.28. The molecule has 0 atom stereocenters. The maximum atomic E-state index is 10.7. The third kappa shape index (κ3) is 5.00. The Morgan fingerprint density at radius 1 is 1.37 bits per heavy atom. The third-order valence-electron chi connectivity index (χ3n) is 2.22. The zero-order valence-corrected chi connectivity index (χ0v) is 11.7. The number of H-pyrrole nitrogens is 1. The number of aromatic nitrogens is 2. The average molecular weight is 301 g/mol. The fraction of sp³-hybridized carbons (Fsp3) is 0.333. The summed E-state index contributed by atoms with van der Waals surface area (Å²) in [5, 5.41) is 6.64. The van der Waals surface area contributed by atoms with Gasteiger partial charge in [0.15, 0.2) is 0 Å². The summed E-state index contributed by atoms with van der Waals surface area (Å²) in [5.41, 5.74) is 0. The Hall–Kier alpha value is -1.40. The molecule has 2 rings (SSSR count). The van der Waals surface area contributed by atoms with E-state index in [4.69, 9.17) is 20.8 Å². The fourth-order valence-electron chi connectivity index (χ4n) is 1.36. The van der Waals surface area contributed by atoms with Crippen molar-refractivity contribution >= 4 is 23.4 Å². The van der Waals surface area contributed by atoms with Crippen LogP contribution in [0.4, 0.5) is 0 Å². The van der Waals surface area contributed by atoms with E-state index in [1.54, 1.807) is 23.9 Å². The highest BCUT2D eigenvalue weighted by Crippen LogP contribution is 2.16. The van der Waals surface area contributed by atoms with Crippen molar-refractivity contribution in [2.45, 2.75) is 12.2 Å². The molecule has 0 amide bonds.